The van der Waals surface area contributed by atoms with E-state index in [1.807, 2.05) is 13.8 Å². The molecule has 0 fully saturated rings. The number of carbonyl (C=O) groups excluding carboxylic acids is 2. The molecule has 1 aromatic carbocycles. The summed E-state index contributed by atoms with van der Waals surface area (Å²) >= 11 is 0. The molecule has 0 heterocycles. The first-order valence-corrected chi connectivity index (χ1v) is 6.28. The molecule has 1 atom stereocenters. The molecule has 0 spiro atoms. The molecule has 0 saturated heterocycles. The zero-order chi connectivity index (χ0) is 14.3. The zero-order valence-corrected chi connectivity index (χ0v) is 11.2. The summed E-state index contributed by atoms with van der Waals surface area (Å²) in [4.78, 5) is 23.0. The van der Waals surface area contributed by atoms with Gasteiger partial charge in [-0.15, -0.1) is 0 Å². The van der Waals surface area contributed by atoms with Crippen molar-refractivity contribution < 1.29 is 9.59 Å². The van der Waals surface area contributed by atoms with Gasteiger partial charge in [0.2, 0.25) is 5.91 Å². The number of hydrogen-bond donors (Lipinski definition) is 4. The molecule has 5 N–H and O–H groups in total. The molecule has 6 heteroatoms. The van der Waals surface area contributed by atoms with Crippen molar-refractivity contribution in [3.8, 4) is 0 Å². The molecule has 0 aliphatic rings. The summed E-state index contributed by atoms with van der Waals surface area (Å²) < 4.78 is 0. The molecule has 6 nitrogen and oxygen atoms in total. The Labute approximate surface area is 112 Å². The van der Waals surface area contributed by atoms with E-state index in [1.165, 1.54) is 0 Å². The molecular formula is C13H20N4O2. The third-order valence-electron chi connectivity index (χ3n) is 2.50. The fourth-order valence-electron chi connectivity index (χ4n) is 1.43. The lowest BCUT2D eigenvalue weighted by Gasteiger charge is -2.11. The van der Waals surface area contributed by atoms with E-state index >= 15 is 0 Å². The monoisotopic (exact) mass is 264 g/mol. The molecule has 3 amide bonds. The van der Waals surface area contributed by atoms with Gasteiger partial charge in [0.25, 0.3) is 0 Å². The normalized spacial score (nSPS) is 11.5. The molecule has 104 valence electrons. The van der Waals surface area contributed by atoms with E-state index in [-0.39, 0.29) is 11.9 Å². The summed E-state index contributed by atoms with van der Waals surface area (Å²) in [5, 5.41) is 7.99. The number of anilines is 2. The number of urea groups is 1. The van der Waals surface area contributed by atoms with Crippen molar-refractivity contribution in [2.24, 2.45) is 5.73 Å². The Hall–Kier alpha value is -2.08. The largest absolute Gasteiger partial charge is 0.338 e. The minimum absolute atomic E-state index is 0.238. The Kier molecular flexibility index (Phi) is 5.81. The highest BCUT2D eigenvalue weighted by atomic mass is 16.2. The van der Waals surface area contributed by atoms with Gasteiger partial charge in [0.1, 0.15) is 0 Å². The van der Waals surface area contributed by atoms with Gasteiger partial charge in [0.05, 0.1) is 6.04 Å². The molecule has 0 bridgehead atoms. The molecule has 0 aliphatic carbocycles. The summed E-state index contributed by atoms with van der Waals surface area (Å²) in [6.45, 7) is 4.23. The summed E-state index contributed by atoms with van der Waals surface area (Å²) in [6, 6.07) is 6.09. The first kappa shape index (κ1) is 15.0. The summed E-state index contributed by atoms with van der Waals surface area (Å²) in [6.07, 6.45) is 0.572. The van der Waals surface area contributed by atoms with Crippen LogP contribution in [0.5, 0.6) is 0 Å². The summed E-state index contributed by atoms with van der Waals surface area (Å²) in [7, 11) is 0. The molecule has 0 radical (unpaired) electrons. The number of benzene rings is 1. The maximum absolute atomic E-state index is 11.6. The minimum atomic E-state index is -0.528. The van der Waals surface area contributed by atoms with Crippen molar-refractivity contribution in [1.29, 1.82) is 0 Å². The van der Waals surface area contributed by atoms with Crippen LogP contribution in [0, 0.1) is 0 Å². The van der Waals surface area contributed by atoms with Gasteiger partial charge in [-0.2, -0.15) is 0 Å². The van der Waals surface area contributed by atoms with Crippen LogP contribution in [0.4, 0.5) is 16.2 Å². The lowest BCUT2D eigenvalue weighted by molar-refractivity contribution is -0.117. The van der Waals surface area contributed by atoms with Crippen LogP contribution < -0.4 is 21.7 Å². The lowest BCUT2D eigenvalue weighted by Crippen LogP contribution is -2.34. The van der Waals surface area contributed by atoms with Crippen molar-refractivity contribution in [2.45, 2.75) is 26.3 Å². The maximum Gasteiger partial charge on any atom is 0.319 e. The molecule has 19 heavy (non-hydrogen) atoms. The molecule has 0 aromatic heterocycles. The van der Waals surface area contributed by atoms with Crippen LogP contribution >= 0.6 is 0 Å². The number of carbonyl (C=O) groups is 2. The zero-order valence-electron chi connectivity index (χ0n) is 11.2. The standard InChI is InChI=1S/C13H20N4O2/c1-3-11(14)12(18)16-9-6-5-7-10(8-9)17-13(19)15-4-2/h5-8,11H,3-4,14H2,1-2H3,(H,16,18)(H2,15,17,19)/t11-/m0/s1. The first-order chi connectivity index (χ1) is 9.06. The van der Waals surface area contributed by atoms with E-state index in [2.05, 4.69) is 16.0 Å². The van der Waals surface area contributed by atoms with E-state index in [0.29, 0.717) is 24.3 Å². The average molecular weight is 264 g/mol. The molecule has 0 unspecified atom stereocenters. The summed E-state index contributed by atoms with van der Waals surface area (Å²) in [5.41, 5.74) is 6.84. The van der Waals surface area contributed by atoms with Gasteiger partial charge in [0, 0.05) is 17.9 Å². The fourth-order valence-corrected chi connectivity index (χ4v) is 1.43. The van der Waals surface area contributed by atoms with Crippen molar-refractivity contribution in [3.63, 3.8) is 0 Å². The quantitative estimate of drug-likeness (QED) is 0.649. The second-order valence-electron chi connectivity index (χ2n) is 4.07. The van der Waals surface area contributed by atoms with Gasteiger partial charge >= 0.3 is 6.03 Å². The van der Waals surface area contributed by atoms with E-state index in [9.17, 15) is 9.59 Å². The number of amides is 3. The Bertz CT molecular complexity index is 448. The average Bonchev–Trinajstić information content (AvgIpc) is 2.38. The van der Waals surface area contributed by atoms with Crippen LogP contribution in [0.3, 0.4) is 0 Å². The van der Waals surface area contributed by atoms with Gasteiger partial charge in [-0.25, -0.2) is 4.79 Å². The molecule has 1 rings (SSSR count). The van der Waals surface area contributed by atoms with Crippen LogP contribution in [0.1, 0.15) is 20.3 Å². The topological polar surface area (TPSA) is 96.2 Å². The smallest absolute Gasteiger partial charge is 0.319 e. The Morgan fingerprint density at radius 3 is 2.42 bits per heavy atom. The molecule has 0 aliphatic heterocycles. The fraction of sp³-hybridized carbons (Fsp3) is 0.385. The van der Waals surface area contributed by atoms with Crippen molar-refractivity contribution in [3.05, 3.63) is 24.3 Å². The van der Waals surface area contributed by atoms with E-state index < -0.39 is 6.04 Å². The Morgan fingerprint density at radius 2 is 1.84 bits per heavy atom. The Morgan fingerprint density at radius 1 is 1.21 bits per heavy atom. The highest BCUT2D eigenvalue weighted by molar-refractivity contribution is 5.96. The van der Waals surface area contributed by atoms with Crippen LogP contribution in [0.15, 0.2) is 24.3 Å². The summed E-state index contributed by atoms with van der Waals surface area (Å²) in [5.74, 6) is -0.238. The number of rotatable bonds is 5. The minimum Gasteiger partial charge on any atom is -0.338 e. The third kappa shape index (κ3) is 4.97. The van der Waals surface area contributed by atoms with Crippen LogP contribution in [-0.2, 0) is 4.79 Å². The first-order valence-electron chi connectivity index (χ1n) is 6.28. The van der Waals surface area contributed by atoms with Crippen molar-refractivity contribution in [1.82, 2.24) is 5.32 Å². The lowest BCUT2D eigenvalue weighted by atomic mass is 10.2. The van der Waals surface area contributed by atoms with Crippen molar-refractivity contribution >= 4 is 23.3 Å². The molecular weight excluding hydrogens is 244 g/mol. The number of hydrogen-bond acceptors (Lipinski definition) is 3. The number of nitrogens with one attached hydrogen (secondary N) is 3. The van der Waals surface area contributed by atoms with Gasteiger partial charge in [-0.05, 0) is 31.5 Å². The predicted molar refractivity (Wildman–Crippen MR) is 76.0 cm³/mol. The predicted octanol–water partition coefficient (Wildman–Crippen LogP) is 1.50. The van der Waals surface area contributed by atoms with E-state index in [4.69, 9.17) is 5.73 Å². The number of nitrogens with two attached hydrogens (primary N) is 1. The van der Waals surface area contributed by atoms with E-state index in [1.54, 1.807) is 24.3 Å². The Balaban J connectivity index is 2.66. The maximum atomic E-state index is 11.6. The van der Waals surface area contributed by atoms with E-state index in [0.717, 1.165) is 0 Å². The van der Waals surface area contributed by atoms with Crippen LogP contribution in [-0.4, -0.2) is 24.5 Å². The highest BCUT2D eigenvalue weighted by Crippen LogP contribution is 2.15. The SMILES string of the molecule is CCNC(=O)Nc1cccc(NC(=O)[C@@H](N)CC)c1. The van der Waals surface area contributed by atoms with Gasteiger partial charge in [-0.1, -0.05) is 13.0 Å². The van der Waals surface area contributed by atoms with Gasteiger partial charge in [0.15, 0.2) is 0 Å². The molecule has 0 saturated carbocycles. The van der Waals surface area contributed by atoms with Crippen LogP contribution in [0.25, 0.3) is 0 Å². The molecule has 1 aromatic rings. The van der Waals surface area contributed by atoms with Crippen LogP contribution in [0.2, 0.25) is 0 Å². The third-order valence-corrected chi connectivity index (χ3v) is 2.50. The van der Waals surface area contributed by atoms with Crippen molar-refractivity contribution in [2.75, 3.05) is 17.2 Å². The second kappa shape index (κ2) is 7.38. The second-order valence-corrected chi connectivity index (χ2v) is 4.07. The van der Waals surface area contributed by atoms with Gasteiger partial charge < -0.3 is 21.7 Å². The van der Waals surface area contributed by atoms with Gasteiger partial charge in [-0.3, -0.25) is 4.79 Å². The highest BCUT2D eigenvalue weighted by Gasteiger charge is 2.11.